The molecule has 0 aromatic carbocycles. The molecule has 4 unspecified atom stereocenters. The molecule has 0 aromatic heterocycles. The van der Waals surface area contributed by atoms with E-state index in [2.05, 4.69) is 25.7 Å². The second-order valence-corrected chi connectivity index (χ2v) is 3.91. The molecule has 0 nitrogen and oxygen atoms in total. The lowest BCUT2D eigenvalue weighted by Gasteiger charge is -2.43. The van der Waals surface area contributed by atoms with Crippen LogP contribution in [-0.2, 0) is 0 Å². The van der Waals surface area contributed by atoms with Gasteiger partial charge >= 0.3 is 0 Å². The first-order valence-corrected chi connectivity index (χ1v) is 4.28. The van der Waals surface area contributed by atoms with Gasteiger partial charge < -0.3 is 0 Å². The molecule has 0 aromatic rings. The normalized spacial score (nSPS) is 50.2. The van der Waals surface area contributed by atoms with Crippen LogP contribution in [0.5, 0.6) is 0 Å². The van der Waals surface area contributed by atoms with Crippen LogP contribution in [0, 0.1) is 35.5 Å². The summed E-state index contributed by atoms with van der Waals surface area (Å²) < 4.78 is 0. The van der Waals surface area contributed by atoms with E-state index in [9.17, 15) is 0 Å². The molecule has 1 saturated carbocycles. The smallest absolute Gasteiger partial charge is 0.0236 e. The fraction of sp³-hybridized carbons (Fsp3) is 0.800. The third-order valence-corrected chi connectivity index (χ3v) is 3.01. The van der Waals surface area contributed by atoms with E-state index in [0.717, 1.165) is 17.8 Å². The second kappa shape index (κ2) is 2.02. The number of rotatable bonds is 0. The Labute approximate surface area is 63.0 Å². The van der Waals surface area contributed by atoms with Crippen LogP contribution in [0.15, 0.2) is 0 Å². The van der Waals surface area contributed by atoms with Gasteiger partial charge in [0.25, 0.3) is 0 Å². The monoisotopic (exact) mass is 134 g/mol. The van der Waals surface area contributed by atoms with Crippen molar-refractivity contribution in [2.24, 2.45) is 23.7 Å². The van der Waals surface area contributed by atoms with Crippen molar-refractivity contribution in [3.05, 3.63) is 0 Å². The van der Waals surface area contributed by atoms with E-state index in [1.54, 1.807) is 0 Å². The first-order valence-electron chi connectivity index (χ1n) is 4.28. The van der Waals surface area contributed by atoms with E-state index < -0.39 is 0 Å². The predicted molar refractivity (Wildman–Crippen MR) is 42.3 cm³/mol. The van der Waals surface area contributed by atoms with Gasteiger partial charge in [0.2, 0.25) is 0 Å². The first-order chi connectivity index (χ1) is 4.77. The molecule has 2 rings (SSSR count). The molecule has 0 N–H and O–H groups in total. The highest BCUT2D eigenvalue weighted by Gasteiger charge is 2.38. The molecule has 0 radical (unpaired) electrons. The Bertz CT molecular complexity index is 194. The van der Waals surface area contributed by atoms with Crippen LogP contribution < -0.4 is 0 Å². The maximum Gasteiger partial charge on any atom is 0.0236 e. The average Bonchev–Trinajstić information content (AvgIpc) is 1.92. The molecule has 0 heteroatoms. The largest absolute Gasteiger partial charge is 0.0999 e. The zero-order valence-corrected chi connectivity index (χ0v) is 6.72. The number of hydrogen-bond donors (Lipinski definition) is 0. The summed E-state index contributed by atoms with van der Waals surface area (Å²) in [7, 11) is 0. The molecule has 2 aliphatic rings. The Morgan fingerprint density at radius 3 is 2.50 bits per heavy atom. The molecule has 10 heavy (non-hydrogen) atoms. The summed E-state index contributed by atoms with van der Waals surface area (Å²) >= 11 is 0. The molecular weight excluding hydrogens is 120 g/mol. The Hall–Kier alpha value is -0.440. The van der Waals surface area contributed by atoms with Crippen LogP contribution in [0.2, 0.25) is 0 Å². The van der Waals surface area contributed by atoms with Crippen LogP contribution >= 0.6 is 0 Å². The van der Waals surface area contributed by atoms with Gasteiger partial charge in [0, 0.05) is 11.8 Å². The van der Waals surface area contributed by atoms with Crippen molar-refractivity contribution in [3.63, 3.8) is 0 Å². The molecule has 0 amide bonds. The molecule has 0 aliphatic heterocycles. The minimum atomic E-state index is 0.670. The van der Waals surface area contributed by atoms with Crippen molar-refractivity contribution in [1.29, 1.82) is 0 Å². The fourth-order valence-electron chi connectivity index (χ4n) is 2.23. The van der Waals surface area contributed by atoms with Gasteiger partial charge in [0.05, 0.1) is 0 Å². The van der Waals surface area contributed by atoms with Gasteiger partial charge in [-0.3, -0.25) is 0 Å². The maximum absolute atomic E-state index is 3.35. The summed E-state index contributed by atoms with van der Waals surface area (Å²) in [5.74, 6) is 10.0. The zero-order chi connectivity index (χ0) is 7.14. The molecule has 1 fully saturated rings. The van der Waals surface area contributed by atoms with Gasteiger partial charge in [0.1, 0.15) is 0 Å². The summed E-state index contributed by atoms with van der Waals surface area (Å²) in [6.07, 6.45) is 2.73. The van der Waals surface area contributed by atoms with Gasteiger partial charge in [-0.2, -0.15) is 0 Å². The van der Waals surface area contributed by atoms with Crippen molar-refractivity contribution in [2.45, 2.75) is 26.7 Å². The van der Waals surface area contributed by atoms with Crippen LogP contribution in [-0.4, -0.2) is 0 Å². The summed E-state index contributed by atoms with van der Waals surface area (Å²) in [5.41, 5.74) is 0. The summed E-state index contributed by atoms with van der Waals surface area (Å²) in [4.78, 5) is 0. The van der Waals surface area contributed by atoms with Gasteiger partial charge in [-0.05, 0) is 24.7 Å². The van der Waals surface area contributed by atoms with Crippen molar-refractivity contribution in [2.75, 3.05) is 0 Å². The Kier molecular flexibility index (Phi) is 1.27. The van der Waals surface area contributed by atoms with Crippen LogP contribution in [0.4, 0.5) is 0 Å². The molecule has 0 bridgehead atoms. The molecule has 0 saturated heterocycles. The lowest BCUT2D eigenvalue weighted by atomic mass is 9.61. The molecule has 0 spiro atoms. The van der Waals surface area contributed by atoms with E-state index in [-0.39, 0.29) is 0 Å². The Balaban J connectivity index is 2.11. The van der Waals surface area contributed by atoms with E-state index in [1.807, 2.05) is 0 Å². The SMILES string of the molecule is CC1C#CC2CC(C)C2C1. The molecular formula is C10H14. The fourth-order valence-corrected chi connectivity index (χ4v) is 2.23. The van der Waals surface area contributed by atoms with Gasteiger partial charge in [-0.15, -0.1) is 0 Å². The van der Waals surface area contributed by atoms with Gasteiger partial charge in [-0.25, -0.2) is 0 Å². The molecule has 4 atom stereocenters. The lowest BCUT2D eigenvalue weighted by molar-refractivity contribution is 0.107. The van der Waals surface area contributed by atoms with Gasteiger partial charge in [-0.1, -0.05) is 25.7 Å². The average molecular weight is 134 g/mol. The standard InChI is InChI=1S/C10H14/c1-7-3-4-9-6-8(2)10(9)5-7/h7-10H,5-6H2,1-2H3. The highest BCUT2D eigenvalue weighted by molar-refractivity contribution is 5.17. The van der Waals surface area contributed by atoms with Crippen LogP contribution in [0.3, 0.4) is 0 Å². The highest BCUT2D eigenvalue weighted by Crippen LogP contribution is 2.45. The summed E-state index contributed by atoms with van der Waals surface area (Å²) in [5, 5.41) is 0. The third-order valence-electron chi connectivity index (χ3n) is 3.01. The topological polar surface area (TPSA) is 0 Å². The third kappa shape index (κ3) is 0.770. The van der Waals surface area contributed by atoms with Crippen molar-refractivity contribution >= 4 is 0 Å². The van der Waals surface area contributed by atoms with Crippen molar-refractivity contribution < 1.29 is 0 Å². The maximum atomic E-state index is 3.35. The minimum Gasteiger partial charge on any atom is -0.0999 e. The Morgan fingerprint density at radius 1 is 1.10 bits per heavy atom. The molecule has 2 aliphatic carbocycles. The minimum absolute atomic E-state index is 0.670. The quantitative estimate of drug-likeness (QED) is 0.446. The Morgan fingerprint density at radius 2 is 1.90 bits per heavy atom. The summed E-state index contributed by atoms with van der Waals surface area (Å²) in [6.45, 7) is 4.61. The zero-order valence-electron chi connectivity index (χ0n) is 6.72. The summed E-state index contributed by atoms with van der Waals surface area (Å²) in [6, 6.07) is 0. The molecule has 0 heterocycles. The predicted octanol–water partition coefficient (Wildman–Crippen LogP) is 2.30. The highest BCUT2D eigenvalue weighted by atomic mass is 14.4. The van der Waals surface area contributed by atoms with Crippen LogP contribution in [0.25, 0.3) is 0 Å². The number of fused-ring (bicyclic) bond motifs is 1. The van der Waals surface area contributed by atoms with E-state index in [0.29, 0.717) is 5.92 Å². The molecule has 54 valence electrons. The number of hydrogen-bond acceptors (Lipinski definition) is 0. The van der Waals surface area contributed by atoms with Crippen molar-refractivity contribution in [3.8, 4) is 11.8 Å². The van der Waals surface area contributed by atoms with E-state index >= 15 is 0 Å². The van der Waals surface area contributed by atoms with Crippen molar-refractivity contribution in [1.82, 2.24) is 0 Å². The lowest BCUT2D eigenvalue weighted by Crippen LogP contribution is -2.36. The first kappa shape index (κ1) is 6.28. The van der Waals surface area contributed by atoms with Crippen LogP contribution in [0.1, 0.15) is 26.7 Å². The van der Waals surface area contributed by atoms with E-state index in [1.165, 1.54) is 12.8 Å². The van der Waals surface area contributed by atoms with Gasteiger partial charge in [0.15, 0.2) is 0 Å². The second-order valence-electron chi connectivity index (χ2n) is 3.91. The van der Waals surface area contributed by atoms with E-state index in [4.69, 9.17) is 0 Å².